The number of nitrogens with one attached hydrogen (secondary N) is 1. The Hall–Kier alpha value is -3.48. The number of anilines is 2. The molecule has 3 aromatic rings. The smallest absolute Gasteiger partial charge is 0.272 e. The van der Waals surface area contributed by atoms with Crippen molar-refractivity contribution in [1.29, 1.82) is 5.26 Å². The Bertz CT molecular complexity index is 1930. The first-order valence-electron chi connectivity index (χ1n) is 14.6. The van der Waals surface area contributed by atoms with Crippen LogP contribution in [0.5, 0.6) is 0 Å². The molecule has 15 heteroatoms. The summed E-state index contributed by atoms with van der Waals surface area (Å²) in [5, 5.41) is 12.8. The molecule has 2 aliphatic heterocycles. The first-order valence-corrected chi connectivity index (χ1v) is 16.6. The van der Waals surface area contributed by atoms with Gasteiger partial charge in [0.15, 0.2) is 17.5 Å². The summed E-state index contributed by atoms with van der Waals surface area (Å²) in [7, 11) is 0. The Morgan fingerprint density at radius 1 is 1.28 bits per heavy atom. The second-order valence-electron chi connectivity index (χ2n) is 12.2. The number of nitriles is 1. The van der Waals surface area contributed by atoms with Crippen LogP contribution in [0.4, 0.5) is 24.5 Å². The number of rotatable bonds is 5. The fraction of sp³-hybridized carbons (Fsp3) is 0.375. The minimum atomic E-state index is -1.66. The molecule has 3 unspecified atom stereocenters. The number of alkyl halides is 1. The standard InChI is InChI=1S/C32H31Cl2F3IN7O2/c1-6-19(46)44-10-9-43(13-14(44)2)28-16-11-18(33)27(20-22(35)21(34)23(36)24(37)25(20)40)42-30(16)45(31(47)17(28)12-39)29-26(15(3)38)41-8-7-32(29,4)5/h6-8,11,14-15,26,29,41H,1,9-10,13,40H2,2-5H3/t14-,15?,26?,29?/m1/s1. The molecule has 2 aliphatic rings. The van der Waals surface area contributed by atoms with Crippen molar-refractivity contribution in [3.05, 3.63) is 74.4 Å². The third-order valence-corrected chi connectivity index (χ3v) is 10.2. The molecule has 5 rings (SSSR count). The van der Waals surface area contributed by atoms with Crippen LogP contribution >= 0.6 is 45.8 Å². The van der Waals surface area contributed by atoms with Crippen molar-refractivity contribution in [2.24, 2.45) is 5.41 Å². The maximum atomic E-state index is 15.6. The number of carbonyl (C=O) groups is 1. The second kappa shape index (κ2) is 12.9. The van der Waals surface area contributed by atoms with Crippen LogP contribution in [-0.2, 0) is 4.79 Å². The van der Waals surface area contributed by atoms with Gasteiger partial charge in [0.2, 0.25) is 5.91 Å². The number of hydrogen-bond donors (Lipinski definition) is 2. The van der Waals surface area contributed by atoms with Gasteiger partial charge < -0.3 is 20.9 Å². The summed E-state index contributed by atoms with van der Waals surface area (Å²) in [6, 6.07) is 2.19. The molecule has 4 atom stereocenters. The lowest BCUT2D eigenvalue weighted by Crippen LogP contribution is -2.55. The molecule has 0 radical (unpaired) electrons. The lowest BCUT2D eigenvalue weighted by Gasteiger charge is -2.44. The van der Waals surface area contributed by atoms with E-state index in [2.05, 4.69) is 45.5 Å². The Balaban J connectivity index is 1.91. The fourth-order valence-corrected chi connectivity index (χ4v) is 7.57. The monoisotopic (exact) mass is 799 g/mol. The number of halogens is 6. The number of allylic oxidation sites excluding steroid dienone is 1. The zero-order valence-corrected chi connectivity index (χ0v) is 29.5. The number of fused-ring (bicyclic) bond motifs is 1. The van der Waals surface area contributed by atoms with Gasteiger partial charge in [-0.3, -0.25) is 14.2 Å². The number of nitrogens with two attached hydrogens (primary N) is 1. The van der Waals surface area contributed by atoms with Crippen molar-refractivity contribution < 1.29 is 18.0 Å². The molecule has 248 valence electrons. The van der Waals surface area contributed by atoms with Crippen LogP contribution < -0.4 is 21.5 Å². The van der Waals surface area contributed by atoms with Gasteiger partial charge in [0.1, 0.15) is 22.3 Å². The first-order chi connectivity index (χ1) is 22.1. The number of hydrogen-bond acceptors (Lipinski definition) is 7. The first kappa shape index (κ1) is 34.8. The van der Waals surface area contributed by atoms with Gasteiger partial charge in [-0.1, -0.05) is 79.2 Å². The van der Waals surface area contributed by atoms with E-state index >= 15 is 4.39 Å². The maximum absolute atomic E-state index is 15.6. The average molecular weight is 800 g/mol. The summed E-state index contributed by atoms with van der Waals surface area (Å²) in [5.41, 5.74) is 2.66. The van der Waals surface area contributed by atoms with Crippen LogP contribution in [0.25, 0.3) is 22.3 Å². The molecule has 1 aromatic carbocycles. The number of amides is 1. The van der Waals surface area contributed by atoms with E-state index in [0.717, 1.165) is 0 Å². The lowest BCUT2D eigenvalue weighted by atomic mass is 9.77. The van der Waals surface area contributed by atoms with Gasteiger partial charge >= 0.3 is 0 Å². The molecule has 47 heavy (non-hydrogen) atoms. The summed E-state index contributed by atoms with van der Waals surface area (Å²) in [6.45, 7) is 12.0. The Morgan fingerprint density at radius 2 is 1.96 bits per heavy atom. The molecule has 1 fully saturated rings. The van der Waals surface area contributed by atoms with E-state index < -0.39 is 50.7 Å². The summed E-state index contributed by atoms with van der Waals surface area (Å²) < 4.78 is 46.1. The normalized spacial score (nSPS) is 21.3. The predicted molar refractivity (Wildman–Crippen MR) is 186 cm³/mol. The molecule has 4 heterocycles. The minimum Gasteiger partial charge on any atom is -0.396 e. The van der Waals surface area contributed by atoms with Crippen LogP contribution in [0.3, 0.4) is 0 Å². The van der Waals surface area contributed by atoms with Gasteiger partial charge in [-0.2, -0.15) is 5.26 Å². The SMILES string of the molecule is C=CC(=O)N1CCN(c2c(C#N)c(=O)n(C3C(C(C)I)NC=CC3(C)C)c3nc(-c4c(N)c(F)c(F)c(Cl)c4F)c(Cl)cc23)C[C@H]1C. The minimum absolute atomic E-state index is 0.0116. The molecule has 0 bridgehead atoms. The third-order valence-electron chi connectivity index (χ3n) is 8.84. The number of pyridine rings is 2. The van der Waals surface area contributed by atoms with Crippen LogP contribution in [0, 0.1) is 34.2 Å². The van der Waals surface area contributed by atoms with Crippen molar-refractivity contribution in [3.63, 3.8) is 0 Å². The fourth-order valence-electron chi connectivity index (χ4n) is 6.54. The number of nitrogen functional groups attached to an aromatic ring is 1. The number of carbonyl (C=O) groups excluding carboxylic acids is 1. The molecule has 2 aromatic heterocycles. The molecule has 0 saturated carbocycles. The highest BCUT2D eigenvalue weighted by molar-refractivity contribution is 14.1. The zero-order valence-electron chi connectivity index (χ0n) is 25.8. The van der Waals surface area contributed by atoms with Gasteiger partial charge in [0.05, 0.1) is 39.7 Å². The van der Waals surface area contributed by atoms with Gasteiger partial charge in [0, 0.05) is 40.4 Å². The molecular formula is C32H31Cl2F3IN7O2. The van der Waals surface area contributed by atoms with Crippen LogP contribution in [-0.4, -0.2) is 56.0 Å². The maximum Gasteiger partial charge on any atom is 0.272 e. The summed E-state index contributed by atoms with van der Waals surface area (Å²) in [6.07, 6.45) is 4.93. The third kappa shape index (κ3) is 5.72. The van der Waals surface area contributed by atoms with Crippen LogP contribution in [0.15, 0.2) is 35.8 Å². The van der Waals surface area contributed by atoms with E-state index in [9.17, 15) is 23.6 Å². The number of nitrogens with zero attached hydrogens (tertiary/aromatic N) is 5. The van der Waals surface area contributed by atoms with Gasteiger partial charge in [-0.15, -0.1) is 0 Å². The second-order valence-corrected chi connectivity index (χ2v) is 15.0. The molecule has 1 amide bonds. The number of aromatic nitrogens is 2. The number of piperazine rings is 1. The van der Waals surface area contributed by atoms with Crippen molar-refractivity contribution in [2.45, 2.75) is 49.7 Å². The summed E-state index contributed by atoms with van der Waals surface area (Å²) >= 11 is 14.8. The van der Waals surface area contributed by atoms with Crippen LogP contribution in [0.1, 0.15) is 39.3 Å². The topological polar surface area (TPSA) is 120 Å². The molecule has 3 N–H and O–H groups in total. The molecular weight excluding hydrogens is 769 g/mol. The Morgan fingerprint density at radius 3 is 2.55 bits per heavy atom. The highest BCUT2D eigenvalue weighted by Gasteiger charge is 2.43. The predicted octanol–water partition coefficient (Wildman–Crippen LogP) is 6.34. The highest BCUT2D eigenvalue weighted by Crippen LogP contribution is 2.45. The lowest BCUT2D eigenvalue weighted by molar-refractivity contribution is -0.128. The van der Waals surface area contributed by atoms with Crippen molar-refractivity contribution in [3.8, 4) is 17.3 Å². The van der Waals surface area contributed by atoms with E-state index in [1.807, 2.05) is 44.9 Å². The van der Waals surface area contributed by atoms with Crippen molar-refractivity contribution >= 4 is 74.1 Å². The largest absolute Gasteiger partial charge is 0.396 e. The average Bonchev–Trinajstić information content (AvgIpc) is 3.02. The van der Waals surface area contributed by atoms with Gasteiger partial charge in [0.25, 0.3) is 5.56 Å². The van der Waals surface area contributed by atoms with Crippen LogP contribution in [0.2, 0.25) is 10.0 Å². The van der Waals surface area contributed by atoms with E-state index in [0.29, 0.717) is 0 Å². The molecule has 1 saturated heterocycles. The highest BCUT2D eigenvalue weighted by atomic mass is 127. The van der Waals surface area contributed by atoms with Gasteiger partial charge in [-0.25, -0.2) is 18.2 Å². The quantitative estimate of drug-likeness (QED) is 0.0773. The Labute approximate surface area is 292 Å². The molecule has 9 nitrogen and oxygen atoms in total. The van der Waals surface area contributed by atoms with E-state index in [1.54, 1.807) is 4.90 Å². The zero-order chi connectivity index (χ0) is 34.7. The van der Waals surface area contributed by atoms with E-state index in [4.69, 9.17) is 28.9 Å². The Kier molecular flexibility index (Phi) is 9.53. The van der Waals surface area contributed by atoms with E-state index in [-0.39, 0.29) is 74.6 Å². The van der Waals surface area contributed by atoms with Gasteiger partial charge in [-0.05, 0) is 25.3 Å². The summed E-state index contributed by atoms with van der Waals surface area (Å²) in [4.78, 5) is 35.2. The van der Waals surface area contributed by atoms with Crippen molar-refractivity contribution in [1.82, 2.24) is 19.8 Å². The summed E-state index contributed by atoms with van der Waals surface area (Å²) in [5.74, 6) is -4.87. The molecule has 0 spiro atoms. The molecule has 0 aliphatic carbocycles. The van der Waals surface area contributed by atoms with E-state index in [1.165, 1.54) is 16.7 Å². The number of benzene rings is 1. The van der Waals surface area contributed by atoms with Crippen molar-refractivity contribution in [2.75, 3.05) is 30.3 Å².